The number of hydrogen-bond donors (Lipinski definition) is 0. The van der Waals surface area contributed by atoms with Crippen molar-refractivity contribution < 1.29 is 28.6 Å². The third-order valence-electron chi connectivity index (χ3n) is 14.1. The van der Waals surface area contributed by atoms with Crippen molar-refractivity contribution in [3.8, 4) is 0 Å². The van der Waals surface area contributed by atoms with Gasteiger partial charge in [0, 0.05) is 19.3 Å². The predicted octanol–water partition coefficient (Wildman–Crippen LogP) is 23.5. The minimum absolute atomic E-state index is 0.103. The van der Waals surface area contributed by atoms with Gasteiger partial charge in [-0.25, -0.2) is 0 Å². The fraction of sp³-hybridized carbons (Fsp3) is 0.645. The Bertz CT molecular complexity index is 1780. The summed E-state index contributed by atoms with van der Waals surface area (Å²) in [5, 5.41) is 0. The zero-order valence-corrected chi connectivity index (χ0v) is 53.2. The Balaban J connectivity index is 4.36. The minimum atomic E-state index is -0.814. The van der Waals surface area contributed by atoms with Gasteiger partial charge in [-0.2, -0.15) is 0 Å². The van der Waals surface area contributed by atoms with E-state index in [2.05, 4.69) is 167 Å². The molecule has 0 aliphatic heterocycles. The van der Waals surface area contributed by atoms with E-state index < -0.39 is 6.10 Å². The number of carbonyl (C=O) groups is 3. The van der Waals surface area contributed by atoms with Gasteiger partial charge >= 0.3 is 17.9 Å². The summed E-state index contributed by atoms with van der Waals surface area (Å²) in [6.07, 6.45) is 98.7. The third kappa shape index (κ3) is 66.1. The molecule has 464 valence electrons. The first kappa shape index (κ1) is 77.3. The predicted molar refractivity (Wildman–Crippen MR) is 357 cm³/mol. The summed E-state index contributed by atoms with van der Waals surface area (Å²) < 4.78 is 16.9. The molecular formula is C76H124O6. The molecule has 6 heteroatoms. The molecule has 0 radical (unpaired) electrons. The summed E-state index contributed by atoms with van der Waals surface area (Å²) in [5.74, 6) is -0.960. The molecular weight excluding hydrogens is 1010 g/mol. The molecule has 0 aliphatic carbocycles. The van der Waals surface area contributed by atoms with E-state index >= 15 is 0 Å². The molecule has 0 heterocycles. The second-order valence-electron chi connectivity index (χ2n) is 22.0. The Kier molecular flexibility index (Phi) is 64.8. The second kappa shape index (κ2) is 68.8. The molecule has 0 aromatic heterocycles. The summed E-state index contributed by atoms with van der Waals surface area (Å²) in [4.78, 5) is 38.3. The van der Waals surface area contributed by atoms with Crippen LogP contribution in [0.1, 0.15) is 297 Å². The number of allylic oxidation sites excluding steroid dienone is 24. The molecule has 82 heavy (non-hydrogen) atoms. The number of unbranched alkanes of at least 4 members (excludes halogenated alkanes) is 25. The Morgan fingerprint density at radius 1 is 0.256 bits per heavy atom. The Hall–Kier alpha value is -4.71. The van der Waals surface area contributed by atoms with Gasteiger partial charge in [-0.3, -0.25) is 14.4 Å². The molecule has 0 spiro atoms. The molecule has 0 aromatic carbocycles. The van der Waals surface area contributed by atoms with Gasteiger partial charge in [-0.1, -0.05) is 308 Å². The summed E-state index contributed by atoms with van der Waals surface area (Å²) in [5.41, 5.74) is 0. The summed E-state index contributed by atoms with van der Waals surface area (Å²) in [6.45, 7) is 6.38. The van der Waals surface area contributed by atoms with Crippen molar-refractivity contribution in [1.82, 2.24) is 0 Å². The molecule has 0 saturated carbocycles. The van der Waals surface area contributed by atoms with Crippen molar-refractivity contribution in [2.75, 3.05) is 13.2 Å². The third-order valence-corrected chi connectivity index (χ3v) is 14.1. The highest BCUT2D eigenvalue weighted by atomic mass is 16.6. The van der Waals surface area contributed by atoms with Crippen LogP contribution in [-0.2, 0) is 28.6 Å². The first-order chi connectivity index (χ1) is 40.5. The quantitative estimate of drug-likeness (QED) is 0.0261. The maximum Gasteiger partial charge on any atom is 0.306 e. The highest BCUT2D eigenvalue weighted by Crippen LogP contribution is 2.16. The van der Waals surface area contributed by atoms with Crippen molar-refractivity contribution in [2.45, 2.75) is 303 Å². The van der Waals surface area contributed by atoms with Crippen molar-refractivity contribution in [3.63, 3.8) is 0 Å². The fourth-order valence-electron chi connectivity index (χ4n) is 9.11. The van der Waals surface area contributed by atoms with E-state index in [9.17, 15) is 14.4 Å². The number of esters is 3. The molecule has 0 aromatic rings. The lowest BCUT2D eigenvalue weighted by atomic mass is 10.0. The highest BCUT2D eigenvalue weighted by molar-refractivity contribution is 5.71. The van der Waals surface area contributed by atoms with Gasteiger partial charge < -0.3 is 14.2 Å². The summed E-state index contributed by atoms with van der Waals surface area (Å²) in [6, 6.07) is 0. The monoisotopic (exact) mass is 1130 g/mol. The van der Waals surface area contributed by atoms with Gasteiger partial charge in [-0.15, -0.1) is 0 Å². The van der Waals surface area contributed by atoms with E-state index in [0.717, 1.165) is 122 Å². The SMILES string of the molecule is CC/C=C\C/C=C\C/C=C\C/C=C\C/C=C\C/C=C\C/C=C\CCCC(=O)OC(COC(=O)CCCCCCCCCCCCCC)COC(=O)CCCCCCCCCCCCCCC/C=C\C/C=C\C/C=C\C/C=C\C/C=C\CC. The Morgan fingerprint density at radius 3 is 0.780 bits per heavy atom. The average Bonchev–Trinajstić information content (AvgIpc) is 3.47. The van der Waals surface area contributed by atoms with Gasteiger partial charge in [0.1, 0.15) is 13.2 Å². The van der Waals surface area contributed by atoms with Gasteiger partial charge in [0.25, 0.3) is 0 Å². The summed E-state index contributed by atoms with van der Waals surface area (Å²) >= 11 is 0. The lowest BCUT2D eigenvalue weighted by Gasteiger charge is -2.18. The number of hydrogen-bond acceptors (Lipinski definition) is 6. The smallest absolute Gasteiger partial charge is 0.306 e. The van der Waals surface area contributed by atoms with Crippen LogP contribution in [0, 0.1) is 0 Å². The van der Waals surface area contributed by atoms with Gasteiger partial charge in [-0.05, 0) is 116 Å². The maximum absolute atomic E-state index is 12.9. The van der Waals surface area contributed by atoms with Crippen LogP contribution in [0.15, 0.2) is 146 Å². The molecule has 0 bridgehead atoms. The van der Waals surface area contributed by atoms with Gasteiger partial charge in [0.2, 0.25) is 0 Å². The van der Waals surface area contributed by atoms with Crippen LogP contribution in [0.4, 0.5) is 0 Å². The first-order valence-corrected chi connectivity index (χ1v) is 33.8. The lowest BCUT2D eigenvalue weighted by molar-refractivity contribution is -0.167. The summed E-state index contributed by atoms with van der Waals surface area (Å²) in [7, 11) is 0. The van der Waals surface area contributed by atoms with Crippen LogP contribution in [0.25, 0.3) is 0 Å². The van der Waals surface area contributed by atoms with E-state index in [1.54, 1.807) is 0 Å². The highest BCUT2D eigenvalue weighted by Gasteiger charge is 2.19. The van der Waals surface area contributed by atoms with Crippen LogP contribution >= 0.6 is 0 Å². The van der Waals surface area contributed by atoms with Crippen molar-refractivity contribution in [1.29, 1.82) is 0 Å². The number of ether oxygens (including phenoxy) is 3. The molecule has 1 atom stereocenters. The van der Waals surface area contributed by atoms with E-state index in [1.807, 2.05) is 0 Å². The average molecular weight is 1130 g/mol. The lowest BCUT2D eigenvalue weighted by Crippen LogP contribution is -2.30. The van der Waals surface area contributed by atoms with E-state index in [4.69, 9.17) is 14.2 Å². The fourth-order valence-corrected chi connectivity index (χ4v) is 9.11. The van der Waals surface area contributed by atoms with Gasteiger partial charge in [0.15, 0.2) is 6.10 Å². The van der Waals surface area contributed by atoms with Crippen LogP contribution in [-0.4, -0.2) is 37.2 Å². The minimum Gasteiger partial charge on any atom is -0.462 e. The van der Waals surface area contributed by atoms with E-state index in [0.29, 0.717) is 19.3 Å². The van der Waals surface area contributed by atoms with Crippen LogP contribution in [0.2, 0.25) is 0 Å². The molecule has 0 rings (SSSR count). The molecule has 0 fully saturated rings. The standard InChI is InChI=1S/C76H124O6/c1-4-7-10-13-16-19-22-25-27-29-31-33-35-36-37-38-39-40-42-43-45-47-49-51-54-57-60-63-66-69-75(78)81-72-73(71-80-74(77)68-65-62-59-56-53-24-21-18-15-12-9-6-3)82-76(79)70-67-64-61-58-55-52-50-48-46-44-41-34-32-30-28-26-23-20-17-14-11-8-5-2/h7-8,10-11,16-17,19-20,25-28,31-34,36-37,44,46,50,52,58,61,73H,4-6,9,12-15,18,21-24,29-30,35,38-43,45,47-49,51,53-57,59-60,62-72H2,1-3H3/b10-7-,11-8-,19-16-,20-17-,27-25-,28-26-,33-31-,34-32-,37-36-,46-44-,52-50-,61-58-. The Morgan fingerprint density at radius 2 is 0.488 bits per heavy atom. The van der Waals surface area contributed by atoms with E-state index in [-0.39, 0.29) is 37.5 Å². The topological polar surface area (TPSA) is 78.9 Å². The molecule has 1 unspecified atom stereocenters. The molecule has 6 nitrogen and oxygen atoms in total. The molecule has 0 amide bonds. The zero-order chi connectivity index (χ0) is 59.2. The van der Waals surface area contributed by atoms with Crippen molar-refractivity contribution in [2.24, 2.45) is 0 Å². The number of carbonyl (C=O) groups excluding carboxylic acids is 3. The molecule has 0 aliphatic rings. The molecule has 0 saturated heterocycles. The Labute approximate surface area is 506 Å². The maximum atomic E-state index is 12.9. The largest absolute Gasteiger partial charge is 0.462 e. The second-order valence-corrected chi connectivity index (χ2v) is 22.0. The van der Waals surface area contributed by atoms with Crippen molar-refractivity contribution in [3.05, 3.63) is 146 Å². The van der Waals surface area contributed by atoms with Gasteiger partial charge in [0.05, 0.1) is 0 Å². The van der Waals surface area contributed by atoms with E-state index in [1.165, 1.54) is 128 Å². The van der Waals surface area contributed by atoms with Crippen LogP contribution in [0.5, 0.6) is 0 Å². The number of rotatable bonds is 60. The van der Waals surface area contributed by atoms with Crippen LogP contribution in [0.3, 0.4) is 0 Å². The van der Waals surface area contributed by atoms with Crippen molar-refractivity contribution >= 4 is 17.9 Å². The normalized spacial score (nSPS) is 13.1. The van der Waals surface area contributed by atoms with Crippen LogP contribution < -0.4 is 0 Å². The zero-order valence-electron chi connectivity index (χ0n) is 53.2. The molecule has 0 N–H and O–H groups in total. The first-order valence-electron chi connectivity index (χ1n) is 33.8.